The molecule has 1 saturated heterocycles. The number of carbonyl (C=O) groups is 1. The molecule has 2 aliphatic rings. The van der Waals surface area contributed by atoms with E-state index in [4.69, 9.17) is 10.5 Å². The highest BCUT2D eigenvalue weighted by Crippen LogP contribution is 2.24. The molecule has 5 heteroatoms. The van der Waals surface area contributed by atoms with Crippen LogP contribution >= 0.6 is 0 Å². The highest BCUT2D eigenvalue weighted by Gasteiger charge is 2.26. The second-order valence-electron chi connectivity index (χ2n) is 7.12. The first-order valence-electron chi connectivity index (χ1n) is 9.14. The summed E-state index contributed by atoms with van der Waals surface area (Å²) in [5.41, 5.74) is 7.11. The summed E-state index contributed by atoms with van der Waals surface area (Å²) >= 11 is 0. The maximum atomic E-state index is 12.2. The molecule has 0 unspecified atom stereocenters. The molecule has 2 fully saturated rings. The van der Waals surface area contributed by atoms with E-state index in [9.17, 15) is 4.79 Å². The number of amides is 1. The number of carbonyl (C=O) groups excluding carboxylic acids is 1. The minimum atomic E-state index is -0.196. The number of benzene rings is 1. The molecule has 1 saturated carbocycles. The number of nitrogens with two attached hydrogens (primary N) is 1. The van der Waals surface area contributed by atoms with Gasteiger partial charge < -0.3 is 15.4 Å². The van der Waals surface area contributed by atoms with Gasteiger partial charge in [0.2, 0.25) is 0 Å². The van der Waals surface area contributed by atoms with Gasteiger partial charge in [-0.15, -0.1) is 0 Å². The van der Waals surface area contributed by atoms with E-state index in [1.807, 2.05) is 35.2 Å². The van der Waals surface area contributed by atoms with Gasteiger partial charge in [0, 0.05) is 38.8 Å². The van der Waals surface area contributed by atoms with Crippen LogP contribution in [0, 0.1) is 5.92 Å². The summed E-state index contributed by atoms with van der Waals surface area (Å²) in [5, 5.41) is 0. The minimum absolute atomic E-state index is 0.196. The van der Waals surface area contributed by atoms with E-state index in [0.717, 1.165) is 50.6 Å². The van der Waals surface area contributed by atoms with Crippen molar-refractivity contribution in [3.8, 4) is 0 Å². The molecular formula is C19H29N3O2. The zero-order valence-corrected chi connectivity index (χ0v) is 14.4. The quantitative estimate of drug-likeness (QED) is 0.921. The van der Waals surface area contributed by atoms with Crippen LogP contribution in [0.1, 0.15) is 31.2 Å². The highest BCUT2D eigenvalue weighted by atomic mass is 16.6. The first kappa shape index (κ1) is 17.2. The molecule has 1 heterocycles. The molecule has 1 aliphatic carbocycles. The zero-order chi connectivity index (χ0) is 16.8. The Labute approximate surface area is 144 Å². The predicted octanol–water partition coefficient (Wildman–Crippen LogP) is 2.46. The van der Waals surface area contributed by atoms with Gasteiger partial charge in [-0.05, 0) is 30.7 Å². The Kier molecular flexibility index (Phi) is 6.10. The second kappa shape index (κ2) is 8.49. The van der Waals surface area contributed by atoms with Crippen LogP contribution in [0.25, 0.3) is 0 Å². The fraction of sp³-hybridized carbons (Fsp3) is 0.632. The van der Waals surface area contributed by atoms with Crippen LogP contribution in [0.2, 0.25) is 0 Å². The number of hydrogen-bond acceptors (Lipinski definition) is 4. The molecule has 0 bridgehead atoms. The van der Waals surface area contributed by atoms with E-state index >= 15 is 0 Å². The van der Waals surface area contributed by atoms with Crippen molar-refractivity contribution in [2.24, 2.45) is 11.7 Å². The Morgan fingerprint density at radius 2 is 1.88 bits per heavy atom. The van der Waals surface area contributed by atoms with Gasteiger partial charge >= 0.3 is 6.09 Å². The molecule has 0 spiro atoms. The lowest BCUT2D eigenvalue weighted by Gasteiger charge is -2.37. The molecule has 2 N–H and O–H groups in total. The van der Waals surface area contributed by atoms with Gasteiger partial charge in [-0.1, -0.05) is 36.8 Å². The van der Waals surface area contributed by atoms with Crippen LogP contribution in [0.15, 0.2) is 30.3 Å². The lowest BCUT2D eigenvalue weighted by molar-refractivity contribution is 0.0654. The number of rotatable bonds is 4. The largest absolute Gasteiger partial charge is 0.445 e. The molecular weight excluding hydrogens is 302 g/mol. The summed E-state index contributed by atoms with van der Waals surface area (Å²) in [6, 6.07) is 10.2. The van der Waals surface area contributed by atoms with E-state index in [2.05, 4.69) is 4.90 Å². The minimum Gasteiger partial charge on any atom is -0.445 e. The normalized spacial score (nSPS) is 25.5. The number of hydrogen-bond donors (Lipinski definition) is 1. The monoisotopic (exact) mass is 331 g/mol. The van der Waals surface area contributed by atoms with Gasteiger partial charge in [0.05, 0.1) is 0 Å². The molecule has 24 heavy (non-hydrogen) atoms. The number of piperazine rings is 1. The third-order valence-corrected chi connectivity index (χ3v) is 5.18. The fourth-order valence-corrected chi connectivity index (χ4v) is 3.79. The Morgan fingerprint density at radius 3 is 2.58 bits per heavy atom. The number of ether oxygens (including phenoxy) is 1. The van der Waals surface area contributed by atoms with Gasteiger partial charge in [-0.2, -0.15) is 0 Å². The Morgan fingerprint density at radius 1 is 1.12 bits per heavy atom. The van der Waals surface area contributed by atoms with Crippen molar-refractivity contribution in [3.05, 3.63) is 35.9 Å². The van der Waals surface area contributed by atoms with E-state index < -0.39 is 0 Å². The zero-order valence-electron chi connectivity index (χ0n) is 14.4. The van der Waals surface area contributed by atoms with Crippen LogP contribution in [0.3, 0.4) is 0 Å². The van der Waals surface area contributed by atoms with E-state index in [1.54, 1.807) is 0 Å². The van der Waals surface area contributed by atoms with E-state index in [0.29, 0.717) is 12.6 Å². The van der Waals surface area contributed by atoms with Crippen molar-refractivity contribution in [2.75, 3.05) is 32.7 Å². The summed E-state index contributed by atoms with van der Waals surface area (Å²) in [7, 11) is 0. The highest BCUT2D eigenvalue weighted by molar-refractivity contribution is 5.67. The van der Waals surface area contributed by atoms with Crippen molar-refractivity contribution in [3.63, 3.8) is 0 Å². The van der Waals surface area contributed by atoms with Crippen molar-refractivity contribution >= 4 is 6.09 Å². The topological polar surface area (TPSA) is 58.8 Å². The molecule has 1 amide bonds. The molecule has 1 aromatic carbocycles. The van der Waals surface area contributed by atoms with Gasteiger partial charge in [0.15, 0.2) is 0 Å². The first-order valence-corrected chi connectivity index (χ1v) is 9.14. The lowest BCUT2D eigenvalue weighted by Crippen LogP contribution is -2.50. The van der Waals surface area contributed by atoms with Crippen molar-refractivity contribution in [1.29, 1.82) is 0 Å². The SMILES string of the molecule is N[C@H]1CCC[C@@H](CN2CCN(C(=O)OCc3ccccc3)CC2)C1. The Balaban J connectivity index is 1.37. The summed E-state index contributed by atoms with van der Waals surface area (Å²) in [5.74, 6) is 0.727. The predicted molar refractivity (Wildman–Crippen MR) is 94.6 cm³/mol. The summed E-state index contributed by atoms with van der Waals surface area (Å²) in [6.07, 6.45) is 4.69. The van der Waals surface area contributed by atoms with Gasteiger partial charge in [0.25, 0.3) is 0 Å². The Hall–Kier alpha value is -1.59. The van der Waals surface area contributed by atoms with Crippen LogP contribution in [0.4, 0.5) is 4.79 Å². The molecule has 3 rings (SSSR count). The molecule has 1 aromatic rings. The van der Waals surface area contributed by atoms with Crippen LogP contribution in [0.5, 0.6) is 0 Å². The van der Waals surface area contributed by atoms with Crippen molar-refractivity contribution in [1.82, 2.24) is 9.80 Å². The maximum absolute atomic E-state index is 12.2. The van der Waals surface area contributed by atoms with E-state index in [-0.39, 0.29) is 6.09 Å². The standard InChI is InChI=1S/C19H29N3O2/c20-18-8-4-7-17(13-18)14-21-9-11-22(12-10-21)19(23)24-15-16-5-2-1-3-6-16/h1-3,5-6,17-18H,4,7-15,20H2/t17-,18+/m1/s1. The maximum Gasteiger partial charge on any atom is 0.410 e. The molecule has 5 nitrogen and oxygen atoms in total. The Bertz CT molecular complexity index is 515. The van der Waals surface area contributed by atoms with Crippen molar-refractivity contribution < 1.29 is 9.53 Å². The number of nitrogens with zero attached hydrogens (tertiary/aromatic N) is 2. The summed E-state index contributed by atoms with van der Waals surface area (Å²) in [4.78, 5) is 16.5. The first-order chi connectivity index (χ1) is 11.7. The van der Waals surface area contributed by atoms with Crippen LogP contribution in [-0.4, -0.2) is 54.7 Å². The fourth-order valence-electron chi connectivity index (χ4n) is 3.79. The van der Waals surface area contributed by atoms with Gasteiger partial charge in [0.1, 0.15) is 6.61 Å². The molecule has 132 valence electrons. The van der Waals surface area contributed by atoms with Crippen molar-refractivity contribution in [2.45, 2.75) is 38.3 Å². The summed E-state index contributed by atoms with van der Waals surface area (Å²) in [6.45, 7) is 4.86. The lowest BCUT2D eigenvalue weighted by atomic mass is 9.86. The van der Waals surface area contributed by atoms with Gasteiger partial charge in [-0.3, -0.25) is 4.90 Å². The van der Waals surface area contributed by atoms with E-state index in [1.165, 1.54) is 19.3 Å². The third kappa shape index (κ3) is 4.95. The van der Waals surface area contributed by atoms with Crippen LogP contribution in [-0.2, 0) is 11.3 Å². The molecule has 1 aliphatic heterocycles. The molecule has 0 radical (unpaired) electrons. The molecule has 0 aromatic heterocycles. The van der Waals surface area contributed by atoms with Gasteiger partial charge in [-0.25, -0.2) is 4.79 Å². The van der Waals surface area contributed by atoms with Crippen LogP contribution < -0.4 is 5.73 Å². The smallest absolute Gasteiger partial charge is 0.410 e. The third-order valence-electron chi connectivity index (χ3n) is 5.18. The second-order valence-corrected chi connectivity index (χ2v) is 7.12. The summed E-state index contributed by atoms with van der Waals surface area (Å²) < 4.78 is 5.42. The average Bonchev–Trinajstić information content (AvgIpc) is 2.61. The molecule has 2 atom stereocenters. The average molecular weight is 331 g/mol.